The van der Waals surface area contributed by atoms with Crippen molar-refractivity contribution in [2.45, 2.75) is 31.1 Å². The van der Waals surface area contributed by atoms with Gasteiger partial charge in [0, 0.05) is 18.7 Å². The highest BCUT2D eigenvalue weighted by Crippen LogP contribution is 2.30. The fraction of sp³-hybridized carbons (Fsp3) is 0.409. The van der Waals surface area contributed by atoms with Crippen LogP contribution in [0.15, 0.2) is 48.5 Å². The number of hydrogen-bond acceptors (Lipinski definition) is 5. The van der Waals surface area contributed by atoms with Crippen LogP contribution in [0.3, 0.4) is 0 Å². The second-order valence-corrected chi connectivity index (χ2v) is 7.58. The Morgan fingerprint density at radius 2 is 2.03 bits per heavy atom. The Hall–Kier alpha value is -2.48. The van der Waals surface area contributed by atoms with Crippen LogP contribution in [-0.2, 0) is 9.47 Å². The average Bonchev–Trinajstić information content (AvgIpc) is 3.15. The standard InChI is InChI=1S/C22H26FN3O3/c1-14(15-5-3-2-4-6-15)21(24)20-13-26(22(27)29-20)16-7-8-17(18(23)11-16)19-12-25-9-10-28-19/h2-8,11,14,19-21,25H,9-10,12-13,24H2,1H3. The lowest BCUT2D eigenvalue weighted by molar-refractivity contribution is 0.0255. The summed E-state index contributed by atoms with van der Waals surface area (Å²) < 4.78 is 25.9. The van der Waals surface area contributed by atoms with Crippen molar-refractivity contribution >= 4 is 11.8 Å². The van der Waals surface area contributed by atoms with Crippen LogP contribution in [0.4, 0.5) is 14.9 Å². The SMILES string of the molecule is CC(c1ccccc1)C(N)C1CN(c2ccc(C3CNCCO3)c(F)c2)C(=O)O1. The Morgan fingerprint density at radius 1 is 1.24 bits per heavy atom. The van der Waals surface area contributed by atoms with Crippen molar-refractivity contribution in [3.05, 3.63) is 65.5 Å². The summed E-state index contributed by atoms with van der Waals surface area (Å²) in [6.07, 6.45) is -1.30. The number of amides is 1. The van der Waals surface area contributed by atoms with Gasteiger partial charge in [0.25, 0.3) is 0 Å². The number of nitrogens with two attached hydrogens (primary N) is 1. The first-order chi connectivity index (χ1) is 14.0. The highest BCUT2D eigenvalue weighted by molar-refractivity contribution is 5.89. The van der Waals surface area contributed by atoms with Gasteiger partial charge in [-0.25, -0.2) is 9.18 Å². The van der Waals surface area contributed by atoms with Gasteiger partial charge < -0.3 is 20.5 Å². The Balaban J connectivity index is 1.47. The number of rotatable bonds is 5. The third-order valence-electron chi connectivity index (χ3n) is 5.74. The molecule has 0 bridgehead atoms. The fourth-order valence-electron chi connectivity index (χ4n) is 3.91. The number of carbonyl (C=O) groups is 1. The molecule has 6 nitrogen and oxygen atoms in total. The van der Waals surface area contributed by atoms with Gasteiger partial charge in [0.15, 0.2) is 0 Å². The lowest BCUT2D eigenvalue weighted by Crippen LogP contribution is -2.41. The van der Waals surface area contributed by atoms with Crippen LogP contribution in [0, 0.1) is 5.82 Å². The summed E-state index contributed by atoms with van der Waals surface area (Å²) in [5.41, 5.74) is 8.44. The minimum atomic E-state index is -0.506. The summed E-state index contributed by atoms with van der Waals surface area (Å²) in [7, 11) is 0. The summed E-state index contributed by atoms with van der Waals surface area (Å²) in [5, 5.41) is 3.19. The van der Waals surface area contributed by atoms with E-state index >= 15 is 0 Å². The molecule has 2 aromatic rings. The van der Waals surface area contributed by atoms with Crippen LogP contribution in [0.2, 0.25) is 0 Å². The first-order valence-electron chi connectivity index (χ1n) is 9.95. The molecular formula is C22H26FN3O3. The van der Waals surface area contributed by atoms with Gasteiger partial charge in [-0.2, -0.15) is 0 Å². The predicted molar refractivity (Wildman–Crippen MR) is 108 cm³/mol. The molecule has 0 saturated carbocycles. The number of benzene rings is 2. The van der Waals surface area contributed by atoms with E-state index in [-0.39, 0.29) is 24.6 Å². The van der Waals surface area contributed by atoms with Crippen LogP contribution in [0.1, 0.15) is 30.1 Å². The summed E-state index contributed by atoms with van der Waals surface area (Å²) in [5.74, 6) is -0.376. The smallest absolute Gasteiger partial charge is 0.414 e. The van der Waals surface area contributed by atoms with Crippen LogP contribution in [-0.4, -0.2) is 44.5 Å². The molecule has 2 aromatic carbocycles. The molecule has 0 spiro atoms. The highest BCUT2D eigenvalue weighted by Gasteiger charge is 2.38. The van der Waals surface area contributed by atoms with Gasteiger partial charge in [-0.3, -0.25) is 4.90 Å². The maximum absolute atomic E-state index is 14.7. The highest BCUT2D eigenvalue weighted by atomic mass is 19.1. The molecule has 2 heterocycles. The molecular weight excluding hydrogens is 373 g/mol. The Labute approximate surface area is 169 Å². The molecule has 2 aliphatic rings. The molecule has 4 atom stereocenters. The van der Waals surface area contributed by atoms with E-state index in [0.717, 1.165) is 12.1 Å². The molecule has 7 heteroatoms. The first kappa shape index (κ1) is 19.8. The van der Waals surface area contributed by atoms with E-state index in [0.29, 0.717) is 24.4 Å². The van der Waals surface area contributed by atoms with E-state index < -0.39 is 18.0 Å². The van der Waals surface area contributed by atoms with Crippen molar-refractivity contribution < 1.29 is 18.7 Å². The van der Waals surface area contributed by atoms with Crippen LogP contribution in [0.25, 0.3) is 0 Å². The van der Waals surface area contributed by atoms with Crippen molar-refractivity contribution in [3.8, 4) is 0 Å². The summed E-state index contributed by atoms with van der Waals surface area (Å²) in [6, 6.07) is 14.3. The number of hydrogen-bond donors (Lipinski definition) is 2. The zero-order chi connectivity index (χ0) is 20.4. The zero-order valence-electron chi connectivity index (χ0n) is 16.4. The molecule has 4 rings (SSSR count). The fourth-order valence-corrected chi connectivity index (χ4v) is 3.91. The zero-order valence-corrected chi connectivity index (χ0v) is 16.4. The van der Waals surface area contributed by atoms with E-state index in [4.69, 9.17) is 15.2 Å². The average molecular weight is 399 g/mol. The van der Waals surface area contributed by atoms with E-state index in [9.17, 15) is 9.18 Å². The number of ether oxygens (including phenoxy) is 2. The van der Waals surface area contributed by atoms with E-state index in [2.05, 4.69) is 5.32 Å². The second-order valence-electron chi connectivity index (χ2n) is 7.58. The van der Waals surface area contributed by atoms with Gasteiger partial charge >= 0.3 is 6.09 Å². The molecule has 0 aromatic heterocycles. The number of halogens is 1. The number of nitrogens with one attached hydrogen (secondary N) is 1. The van der Waals surface area contributed by atoms with Crippen LogP contribution in [0.5, 0.6) is 0 Å². The topological polar surface area (TPSA) is 76.8 Å². The van der Waals surface area contributed by atoms with Gasteiger partial charge in [-0.05, 0) is 23.6 Å². The molecule has 0 aliphatic carbocycles. The Bertz CT molecular complexity index is 858. The molecule has 2 fully saturated rings. The quantitative estimate of drug-likeness (QED) is 0.809. The van der Waals surface area contributed by atoms with Gasteiger partial charge in [0.05, 0.1) is 31.0 Å². The number of cyclic esters (lactones) is 1. The van der Waals surface area contributed by atoms with Crippen molar-refractivity contribution in [3.63, 3.8) is 0 Å². The lowest BCUT2D eigenvalue weighted by Gasteiger charge is -2.25. The second kappa shape index (κ2) is 8.49. The lowest BCUT2D eigenvalue weighted by atomic mass is 9.90. The number of nitrogens with zero attached hydrogens (tertiary/aromatic N) is 1. The number of carbonyl (C=O) groups excluding carboxylic acids is 1. The van der Waals surface area contributed by atoms with Crippen molar-refractivity contribution in [2.24, 2.45) is 5.73 Å². The van der Waals surface area contributed by atoms with Crippen LogP contribution < -0.4 is 16.0 Å². The van der Waals surface area contributed by atoms with Crippen molar-refractivity contribution in [2.75, 3.05) is 31.1 Å². The Kier molecular flexibility index (Phi) is 5.80. The van der Waals surface area contributed by atoms with E-state index in [1.54, 1.807) is 12.1 Å². The normalized spacial score (nSPS) is 24.2. The molecule has 2 aliphatic heterocycles. The summed E-state index contributed by atoms with van der Waals surface area (Å²) in [6.45, 7) is 4.18. The molecule has 4 unspecified atom stereocenters. The molecule has 3 N–H and O–H groups in total. The molecule has 1 amide bonds. The largest absolute Gasteiger partial charge is 0.442 e. The minimum Gasteiger partial charge on any atom is -0.442 e. The third-order valence-corrected chi connectivity index (χ3v) is 5.74. The molecule has 154 valence electrons. The number of morpholine rings is 1. The van der Waals surface area contributed by atoms with Crippen molar-refractivity contribution in [1.29, 1.82) is 0 Å². The van der Waals surface area contributed by atoms with Crippen molar-refractivity contribution in [1.82, 2.24) is 5.32 Å². The predicted octanol–water partition coefficient (Wildman–Crippen LogP) is 2.94. The van der Waals surface area contributed by atoms with E-state index in [1.807, 2.05) is 37.3 Å². The van der Waals surface area contributed by atoms with Gasteiger partial charge in [-0.1, -0.05) is 43.3 Å². The van der Waals surface area contributed by atoms with Gasteiger partial charge in [-0.15, -0.1) is 0 Å². The summed E-state index contributed by atoms with van der Waals surface area (Å²) in [4.78, 5) is 13.9. The number of anilines is 1. The Morgan fingerprint density at radius 3 is 2.72 bits per heavy atom. The monoisotopic (exact) mass is 399 g/mol. The molecule has 2 saturated heterocycles. The molecule has 0 radical (unpaired) electrons. The van der Waals surface area contributed by atoms with Gasteiger partial charge in [0.2, 0.25) is 0 Å². The van der Waals surface area contributed by atoms with E-state index in [1.165, 1.54) is 11.0 Å². The maximum atomic E-state index is 14.7. The molecule has 29 heavy (non-hydrogen) atoms. The maximum Gasteiger partial charge on any atom is 0.414 e. The third kappa shape index (κ3) is 4.12. The van der Waals surface area contributed by atoms with Gasteiger partial charge in [0.1, 0.15) is 11.9 Å². The summed E-state index contributed by atoms with van der Waals surface area (Å²) >= 11 is 0. The van der Waals surface area contributed by atoms with Crippen LogP contribution >= 0.6 is 0 Å². The minimum absolute atomic E-state index is 0.0176. The first-order valence-corrected chi connectivity index (χ1v) is 9.95.